The Morgan fingerprint density at radius 2 is 1.34 bits per heavy atom. The molecule has 0 aliphatic rings. The molecule has 1 aromatic heterocycles. The van der Waals surface area contributed by atoms with Gasteiger partial charge in [-0.05, 0) is 60.4 Å². The number of rotatable bonds is 25. The van der Waals surface area contributed by atoms with E-state index < -0.39 is 81.0 Å². The van der Waals surface area contributed by atoms with Crippen LogP contribution in [0.1, 0.15) is 46.4 Å². The number of carbonyl (C=O) groups excluding carboxylic acids is 2. The van der Waals surface area contributed by atoms with E-state index in [4.69, 9.17) is 39.0 Å². The number of halogens is 1. The van der Waals surface area contributed by atoms with Gasteiger partial charge in [-0.1, -0.05) is 54.1 Å². The van der Waals surface area contributed by atoms with E-state index in [1.807, 2.05) is 37.3 Å². The molecule has 21 nitrogen and oxygen atoms in total. The van der Waals surface area contributed by atoms with Crippen molar-refractivity contribution in [1.82, 2.24) is 25.5 Å². The van der Waals surface area contributed by atoms with Crippen LogP contribution in [0.5, 0.6) is 0 Å². The van der Waals surface area contributed by atoms with Crippen LogP contribution < -0.4 is 27.8 Å². The molecular formula is C40H60ClN9O12. The number of nitrogens with one attached hydrogen (secondary N) is 2. The molecule has 18 N–H and O–H groups in total. The van der Waals surface area contributed by atoms with Gasteiger partial charge in [0, 0.05) is 39.1 Å². The Labute approximate surface area is 363 Å². The van der Waals surface area contributed by atoms with Crippen LogP contribution in [-0.4, -0.2) is 178 Å². The van der Waals surface area contributed by atoms with Gasteiger partial charge in [0.2, 0.25) is 5.91 Å². The summed E-state index contributed by atoms with van der Waals surface area (Å²) in [5.41, 5.74) is 22.0. The molecule has 0 aliphatic carbocycles. The SMILES string of the molecule is Cc1cc(CCC(=O)NCCN(C[C@H](O)[C@@H](O)[C@H](O)[C@H](O)CO)C[C@H](O)[C@@H](O)[C@H](O)[C@H](O)CO)ccc1-c1ccc(CCCCN=C(N)NC(=O)c2nc(Cl)c(N)nc2N)cc1. The lowest BCUT2D eigenvalue weighted by Crippen LogP contribution is -2.54. The molecule has 0 unspecified atom stereocenters. The van der Waals surface area contributed by atoms with E-state index >= 15 is 0 Å². The molecule has 0 spiro atoms. The zero-order valence-electron chi connectivity index (χ0n) is 34.3. The Balaban J connectivity index is 1.47. The van der Waals surface area contributed by atoms with Gasteiger partial charge in [0.15, 0.2) is 28.4 Å². The Kier molecular flexibility index (Phi) is 21.3. The molecule has 62 heavy (non-hydrogen) atoms. The molecule has 2 amide bonds. The average Bonchev–Trinajstić information content (AvgIpc) is 3.25. The number of nitrogen functional groups attached to an aromatic ring is 2. The van der Waals surface area contributed by atoms with Crippen LogP contribution in [0.4, 0.5) is 11.6 Å². The number of amides is 2. The number of hydrogen-bond acceptors (Lipinski definition) is 18. The molecule has 2 aromatic carbocycles. The molecule has 1 heterocycles. The monoisotopic (exact) mass is 893 g/mol. The van der Waals surface area contributed by atoms with Crippen molar-refractivity contribution in [3.05, 3.63) is 70.0 Å². The highest BCUT2D eigenvalue weighted by Gasteiger charge is 2.34. The van der Waals surface area contributed by atoms with Gasteiger partial charge in [-0.25, -0.2) is 9.97 Å². The fourth-order valence-corrected chi connectivity index (χ4v) is 6.48. The first kappa shape index (κ1) is 51.7. The maximum absolute atomic E-state index is 12.8. The normalized spacial score (nSPS) is 15.9. The molecule has 8 atom stereocenters. The maximum atomic E-state index is 12.8. The highest BCUT2D eigenvalue weighted by atomic mass is 35.5. The molecule has 3 aromatic rings. The molecule has 344 valence electrons. The van der Waals surface area contributed by atoms with Crippen molar-refractivity contribution < 1.29 is 60.7 Å². The Hall–Kier alpha value is -4.62. The predicted molar refractivity (Wildman–Crippen MR) is 229 cm³/mol. The van der Waals surface area contributed by atoms with Crippen LogP contribution >= 0.6 is 11.6 Å². The zero-order chi connectivity index (χ0) is 46.1. The van der Waals surface area contributed by atoms with Crippen LogP contribution in [-0.2, 0) is 17.6 Å². The average molecular weight is 894 g/mol. The van der Waals surface area contributed by atoms with Gasteiger partial charge in [-0.2, -0.15) is 0 Å². The van der Waals surface area contributed by atoms with Crippen LogP contribution in [0.25, 0.3) is 11.1 Å². The number of hydrogen-bond donors (Lipinski definition) is 15. The third-order valence-electron chi connectivity index (χ3n) is 10.0. The second-order valence-corrected chi connectivity index (χ2v) is 15.2. The van der Waals surface area contributed by atoms with Crippen molar-refractivity contribution in [1.29, 1.82) is 0 Å². The number of aryl methyl sites for hydroxylation is 3. The summed E-state index contributed by atoms with van der Waals surface area (Å²) in [6.07, 6.45) is -11.8. The topological polar surface area (TPSA) is 380 Å². The highest BCUT2D eigenvalue weighted by Crippen LogP contribution is 2.26. The number of benzene rings is 2. The smallest absolute Gasteiger partial charge is 0.280 e. The molecule has 0 fully saturated rings. The minimum absolute atomic E-state index is 0.0146. The highest BCUT2D eigenvalue weighted by molar-refractivity contribution is 6.31. The summed E-state index contributed by atoms with van der Waals surface area (Å²) in [4.78, 5) is 38.3. The van der Waals surface area contributed by atoms with Crippen molar-refractivity contribution in [3.63, 3.8) is 0 Å². The Morgan fingerprint density at radius 3 is 1.90 bits per heavy atom. The number of guanidine groups is 1. The molecule has 0 radical (unpaired) electrons. The summed E-state index contributed by atoms with van der Waals surface area (Å²) in [6.45, 7) is -0.383. The van der Waals surface area contributed by atoms with Crippen LogP contribution in [0.3, 0.4) is 0 Å². The first-order valence-corrected chi connectivity index (χ1v) is 20.3. The van der Waals surface area contributed by atoms with Gasteiger partial charge in [0.1, 0.15) is 36.6 Å². The van der Waals surface area contributed by atoms with Gasteiger partial charge < -0.3 is 73.6 Å². The number of anilines is 2. The minimum Gasteiger partial charge on any atom is -0.394 e. The lowest BCUT2D eigenvalue weighted by Gasteiger charge is -2.33. The zero-order valence-corrected chi connectivity index (χ0v) is 35.1. The van der Waals surface area contributed by atoms with E-state index in [0.29, 0.717) is 19.4 Å². The quantitative estimate of drug-likeness (QED) is 0.0223. The minimum atomic E-state index is -1.92. The summed E-state index contributed by atoms with van der Waals surface area (Å²) in [6, 6.07) is 14.1. The molecule has 3 rings (SSSR count). The van der Waals surface area contributed by atoms with E-state index in [-0.39, 0.29) is 53.9 Å². The molecule has 0 aliphatic heterocycles. The second-order valence-electron chi connectivity index (χ2n) is 14.9. The predicted octanol–water partition coefficient (Wildman–Crippen LogP) is -3.44. The van der Waals surface area contributed by atoms with Gasteiger partial charge in [-0.3, -0.25) is 24.8 Å². The summed E-state index contributed by atoms with van der Waals surface area (Å²) < 4.78 is 0. The van der Waals surface area contributed by atoms with Gasteiger partial charge in [0.05, 0.1) is 25.4 Å². The van der Waals surface area contributed by atoms with Crippen molar-refractivity contribution >= 4 is 41.0 Å². The number of carbonyl (C=O) groups is 2. The first-order chi connectivity index (χ1) is 29.4. The summed E-state index contributed by atoms with van der Waals surface area (Å²) >= 11 is 5.83. The maximum Gasteiger partial charge on any atom is 0.280 e. The number of aliphatic imine (C=N–C) groups is 1. The number of nitrogens with two attached hydrogens (primary N) is 3. The van der Waals surface area contributed by atoms with Crippen LogP contribution in [0, 0.1) is 6.92 Å². The molecular weight excluding hydrogens is 834 g/mol. The molecule has 0 saturated heterocycles. The second kappa shape index (κ2) is 25.5. The van der Waals surface area contributed by atoms with Crippen LogP contribution in [0.15, 0.2) is 47.5 Å². The number of aliphatic hydroxyl groups excluding tert-OH is 10. The fraction of sp³-hybridized carbons (Fsp3) is 0.525. The fourth-order valence-electron chi connectivity index (χ4n) is 6.35. The molecule has 0 bridgehead atoms. The molecule has 0 saturated carbocycles. The number of nitrogens with zero attached hydrogens (tertiary/aromatic N) is 4. The van der Waals surface area contributed by atoms with Crippen molar-refractivity contribution in [2.45, 2.75) is 87.9 Å². The lowest BCUT2D eigenvalue weighted by atomic mass is 9.95. The van der Waals surface area contributed by atoms with Crippen molar-refractivity contribution in [2.75, 3.05) is 57.4 Å². The number of unbranched alkanes of at least 4 members (excludes halogenated alkanes) is 1. The van der Waals surface area contributed by atoms with E-state index in [1.165, 1.54) is 4.90 Å². The van der Waals surface area contributed by atoms with Gasteiger partial charge >= 0.3 is 0 Å². The number of aliphatic hydroxyl groups is 10. The van der Waals surface area contributed by atoms with Gasteiger partial charge in [0.25, 0.3) is 5.91 Å². The number of aromatic nitrogens is 2. The third-order valence-corrected chi connectivity index (χ3v) is 10.3. The van der Waals surface area contributed by atoms with Crippen molar-refractivity contribution in [3.8, 4) is 11.1 Å². The van der Waals surface area contributed by atoms with Crippen molar-refractivity contribution in [2.24, 2.45) is 10.7 Å². The lowest BCUT2D eigenvalue weighted by molar-refractivity contribution is -0.130. The van der Waals surface area contributed by atoms with Crippen LogP contribution in [0.2, 0.25) is 5.15 Å². The first-order valence-electron chi connectivity index (χ1n) is 19.9. The van der Waals surface area contributed by atoms with E-state index in [0.717, 1.165) is 40.7 Å². The standard InChI is InChI=1S/C40H60ClN9O12/c1-21-16-23(8-12-30(57)45-14-15-50(17-26(53)32(58)34(60)28(55)19-51)18-27(54)33(59)35(61)29(56)20-52)7-11-25(21)24-9-5-22(6-10-24)4-2-3-13-46-40(44)49-39(62)31-37(42)48-38(43)36(41)47-31/h5-7,9-11,16,26-29,32-35,51-56,58-61H,2-4,8,12-15,17-20H2,1H3,(H,45,57)(H4,42,43,48)(H3,44,46,49,62)/t26-,27-,28+,29+,32+,33+,34+,35+/m0/s1. The van der Waals surface area contributed by atoms with E-state index in [1.54, 1.807) is 0 Å². The Bertz CT molecular complexity index is 1880. The third kappa shape index (κ3) is 15.9. The Morgan fingerprint density at radius 1 is 0.774 bits per heavy atom. The summed E-state index contributed by atoms with van der Waals surface area (Å²) in [5, 5.41) is 104. The summed E-state index contributed by atoms with van der Waals surface area (Å²) in [5.74, 6) is -1.40. The van der Waals surface area contributed by atoms with E-state index in [9.17, 15) is 50.4 Å². The van der Waals surface area contributed by atoms with Gasteiger partial charge in [-0.15, -0.1) is 0 Å². The van der Waals surface area contributed by atoms with E-state index in [2.05, 4.69) is 37.7 Å². The molecule has 22 heteroatoms. The largest absolute Gasteiger partial charge is 0.394 e. The summed E-state index contributed by atoms with van der Waals surface area (Å²) in [7, 11) is 0.